The average Bonchev–Trinajstić information content (AvgIpc) is 2.86. The fraction of sp³-hybridized carbons (Fsp3) is 0.235. The van der Waals surface area contributed by atoms with E-state index in [1.54, 1.807) is 7.11 Å². The summed E-state index contributed by atoms with van der Waals surface area (Å²) in [6.45, 7) is 0. The van der Waals surface area contributed by atoms with Gasteiger partial charge in [0.05, 0.1) is 18.9 Å². The Morgan fingerprint density at radius 2 is 2.10 bits per heavy atom. The summed E-state index contributed by atoms with van der Waals surface area (Å²) in [7, 11) is 1.63. The average molecular weight is 299 g/mol. The number of benzene rings is 2. The number of rotatable bonds is 3. The summed E-state index contributed by atoms with van der Waals surface area (Å²) in [6.07, 6.45) is 1.56. The van der Waals surface area contributed by atoms with E-state index in [2.05, 4.69) is 11.4 Å². The van der Waals surface area contributed by atoms with Crippen molar-refractivity contribution in [3.63, 3.8) is 0 Å². The molecule has 0 amide bonds. The molecular weight excluding hydrogens is 284 g/mol. The molecule has 0 fully saturated rings. The van der Waals surface area contributed by atoms with E-state index in [9.17, 15) is 5.26 Å². The maximum absolute atomic E-state index is 9.77. The van der Waals surface area contributed by atoms with Crippen molar-refractivity contribution in [2.24, 2.45) is 0 Å². The van der Waals surface area contributed by atoms with Crippen molar-refractivity contribution in [3.05, 3.63) is 58.6 Å². The highest BCUT2D eigenvalue weighted by Crippen LogP contribution is 2.41. The maximum Gasteiger partial charge on any atom is 0.151 e. The topological polar surface area (TPSA) is 45.0 Å². The summed E-state index contributed by atoms with van der Waals surface area (Å²) in [5, 5.41) is 13.8. The summed E-state index contributed by atoms with van der Waals surface area (Å²) >= 11 is 6.04. The minimum Gasteiger partial charge on any atom is -0.495 e. The molecule has 2 aromatic rings. The van der Waals surface area contributed by atoms with Crippen LogP contribution in [0.1, 0.15) is 17.5 Å². The summed E-state index contributed by atoms with van der Waals surface area (Å²) in [6, 6.07) is 15.8. The zero-order valence-corrected chi connectivity index (χ0v) is 12.4. The Bertz CT molecular complexity index is 723. The lowest BCUT2D eigenvalue weighted by Gasteiger charge is -2.26. The van der Waals surface area contributed by atoms with Gasteiger partial charge in [-0.2, -0.15) is 5.26 Å². The van der Waals surface area contributed by atoms with E-state index >= 15 is 0 Å². The third-order valence-electron chi connectivity index (χ3n) is 3.94. The molecular formula is C17H15ClN2O. The van der Waals surface area contributed by atoms with E-state index in [-0.39, 0.29) is 0 Å². The minimum absolute atomic E-state index is 0.708. The van der Waals surface area contributed by atoms with E-state index in [4.69, 9.17) is 16.3 Å². The van der Waals surface area contributed by atoms with E-state index in [1.807, 2.05) is 42.5 Å². The van der Waals surface area contributed by atoms with Crippen LogP contribution in [-0.4, -0.2) is 7.11 Å². The molecule has 0 heterocycles. The maximum atomic E-state index is 9.77. The van der Waals surface area contributed by atoms with Crippen LogP contribution in [0.2, 0.25) is 5.02 Å². The highest BCUT2D eigenvalue weighted by atomic mass is 35.5. The number of fused-ring (bicyclic) bond motifs is 1. The molecule has 106 valence electrons. The molecule has 0 saturated heterocycles. The molecule has 0 bridgehead atoms. The minimum atomic E-state index is -0.728. The second kappa shape index (κ2) is 5.31. The quantitative estimate of drug-likeness (QED) is 0.927. The van der Waals surface area contributed by atoms with Crippen LogP contribution in [0.25, 0.3) is 0 Å². The standard InChI is InChI=1S/C17H15ClN2O/c1-21-16-5-3-2-4-15(16)20-17(11-19)9-8-12-10-13(18)6-7-14(12)17/h2-7,10,20H,8-9H2,1H3. The predicted molar refractivity (Wildman–Crippen MR) is 83.7 cm³/mol. The van der Waals surface area contributed by atoms with Gasteiger partial charge in [0.25, 0.3) is 0 Å². The highest BCUT2D eigenvalue weighted by molar-refractivity contribution is 6.30. The zero-order chi connectivity index (χ0) is 14.9. The first-order chi connectivity index (χ1) is 10.2. The first kappa shape index (κ1) is 13.8. The molecule has 0 spiro atoms. The molecule has 0 saturated carbocycles. The first-order valence-corrected chi connectivity index (χ1v) is 7.18. The number of ether oxygens (including phenoxy) is 1. The van der Waals surface area contributed by atoms with Crippen LogP contribution < -0.4 is 10.1 Å². The monoisotopic (exact) mass is 298 g/mol. The second-order valence-electron chi connectivity index (χ2n) is 5.14. The Morgan fingerprint density at radius 3 is 2.86 bits per heavy atom. The smallest absolute Gasteiger partial charge is 0.151 e. The number of anilines is 1. The molecule has 1 aliphatic rings. The molecule has 3 rings (SSSR count). The zero-order valence-electron chi connectivity index (χ0n) is 11.7. The number of aryl methyl sites for hydroxylation is 1. The Hall–Kier alpha value is -2.18. The predicted octanol–water partition coefficient (Wildman–Crippen LogP) is 4.13. The lowest BCUT2D eigenvalue weighted by Crippen LogP contribution is -2.31. The van der Waals surface area contributed by atoms with Gasteiger partial charge in [0.15, 0.2) is 5.54 Å². The molecule has 0 radical (unpaired) electrons. The number of para-hydroxylation sites is 2. The lowest BCUT2D eigenvalue weighted by molar-refractivity contribution is 0.415. The van der Waals surface area contributed by atoms with Crippen LogP contribution in [-0.2, 0) is 12.0 Å². The second-order valence-corrected chi connectivity index (χ2v) is 5.58. The number of nitriles is 1. The van der Waals surface area contributed by atoms with Gasteiger partial charge in [-0.3, -0.25) is 0 Å². The number of hydrogen-bond acceptors (Lipinski definition) is 3. The molecule has 3 nitrogen and oxygen atoms in total. The SMILES string of the molecule is COc1ccccc1NC1(C#N)CCc2cc(Cl)ccc21. The fourth-order valence-corrected chi connectivity index (χ4v) is 3.09. The van der Waals surface area contributed by atoms with Crippen LogP contribution in [0.15, 0.2) is 42.5 Å². The number of nitrogens with zero attached hydrogens (tertiary/aromatic N) is 1. The van der Waals surface area contributed by atoms with Crippen LogP contribution >= 0.6 is 11.6 Å². The van der Waals surface area contributed by atoms with Gasteiger partial charge in [0, 0.05) is 5.02 Å². The number of halogens is 1. The molecule has 1 N–H and O–H groups in total. The van der Waals surface area contributed by atoms with Gasteiger partial charge in [-0.05, 0) is 48.2 Å². The van der Waals surface area contributed by atoms with E-state index in [0.29, 0.717) is 5.02 Å². The molecule has 21 heavy (non-hydrogen) atoms. The van der Waals surface area contributed by atoms with Crippen molar-refractivity contribution < 1.29 is 4.74 Å². The van der Waals surface area contributed by atoms with Gasteiger partial charge >= 0.3 is 0 Å². The summed E-state index contributed by atoms with van der Waals surface area (Å²) in [5.41, 5.74) is 2.23. The lowest BCUT2D eigenvalue weighted by atomic mass is 9.93. The van der Waals surface area contributed by atoms with Crippen LogP contribution in [0.4, 0.5) is 5.69 Å². The van der Waals surface area contributed by atoms with Crippen molar-refractivity contribution in [1.82, 2.24) is 0 Å². The Labute approximate surface area is 129 Å². The summed E-state index contributed by atoms with van der Waals surface area (Å²) in [5.74, 6) is 0.731. The third-order valence-corrected chi connectivity index (χ3v) is 4.18. The molecule has 2 aromatic carbocycles. The van der Waals surface area contributed by atoms with Crippen LogP contribution in [0, 0.1) is 11.3 Å². The summed E-state index contributed by atoms with van der Waals surface area (Å²) < 4.78 is 5.36. The third kappa shape index (κ3) is 2.32. The van der Waals surface area contributed by atoms with Gasteiger partial charge in [0.2, 0.25) is 0 Å². The Kier molecular flexibility index (Phi) is 3.48. The van der Waals surface area contributed by atoms with Gasteiger partial charge in [-0.15, -0.1) is 0 Å². The van der Waals surface area contributed by atoms with Gasteiger partial charge < -0.3 is 10.1 Å². The molecule has 1 atom stereocenters. The van der Waals surface area contributed by atoms with Crippen molar-refractivity contribution >= 4 is 17.3 Å². The van der Waals surface area contributed by atoms with Gasteiger partial charge in [-0.25, -0.2) is 0 Å². The normalized spacial score (nSPS) is 19.7. The Morgan fingerprint density at radius 1 is 1.29 bits per heavy atom. The van der Waals surface area contributed by atoms with Gasteiger partial charge in [0.1, 0.15) is 5.75 Å². The first-order valence-electron chi connectivity index (χ1n) is 6.80. The number of methoxy groups -OCH3 is 1. The van der Waals surface area contributed by atoms with Crippen molar-refractivity contribution in [1.29, 1.82) is 5.26 Å². The number of nitrogens with one attached hydrogen (secondary N) is 1. The van der Waals surface area contributed by atoms with Crippen LogP contribution in [0.5, 0.6) is 5.75 Å². The van der Waals surface area contributed by atoms with E-state index in [0.717, 1.165) is 35.4 Å². The van der Waals surface area contributed by atoms with Crippen molar-refractivity contribution in [2.45, 2.75) is 18.4 Å². The van der Waals surface area contributed by atoms with Crippen LogP contribution in [0.3, 0.4) is 0 Å². The largest absolute Gasteiger partial charge is 0.495 e. The molecule has 1 aliphatic carbocycles. The van der Waals surface area contributed by atoms with E-state index < -0.39 is 5.54 Å². The highest BCUT2D eigenvalue weighted by Gasteiger charge is 2.39. The fourth-order valence-electron chi connectivity index (χ4n) is 2.89. The molecule has 4 heteroatoms. The molecule has 0 aromatic heterocycles. The van der Waals surface area contributed by atoms with Gasteiger partial charge in [-0.1, -0.05) is 29.8 Å². The number of hydrogen-bond donors (Lipinski definition) is 1. The molecule has 0 aliphatic heterocycles. The Balaban J connectivity index is 2.03. The van der Waals surface area contributed by atoms with Crippen molar-refractivity contribution in [2.75, 3.05) is 12.4 Å². The van der Waals surface area contributed by atoms with Crippen molar-refractivity contribution in [3.8, 4) is 11.8 Å². The van der Waals surface area contributed by atoms with E-state index in [1.165, 1.54) is 0 Å². The summed E-state index contributed by atoms with van der Waals surface area (Å²) in [4.78, 5) is 0. The molecule has 1 unspecified atom stereocenters.